The van der Waals surface area contributed by atoms with E-state index in [2.05, 4.69) is 15.3 Å². The van der Waals surface area contributed by atoms with E-state index in [1.54, 1.807) is 0 Å². The van der Waals surface area contributed by atoms with Gasteiger partial charge >= 0.3 is 0 Å². The topological polar surface area (TPSA) is 88.3 Å². The largest absolute Gasteiger partial charge is 0.300 e. The van der Waals surface area contributed by atoms with Crippen LogP contribution in [0.3, 0.4) is 0 Å². The molecule has 2 rings (SSSR count). The molecule has 0 bridgehead atoms. The summed E-state index contributed by atoms with van der Waals surface area (Å²) in [5.41, 5.74) is 2.90. The summed E-state index contributed by atoms with van der Waals surface area (Å²) < 4.78 is 0. The van der Waals surface area contributed by atoms with E-state index in [1.165, 1.54) is 11.3 Å². The zero-order valence-corrected chi connectivity index (χ0v) is 10.1. The first kappa shape index (κ1) is 12.2. The number of ketones is 1. The van der Waals surface area contributed by atoms with Gasteiger partial charge in [0.25, 0.3) is 5.91 Å². The first-order valence-electron chi connectivity index (χ1n) is 5.38. The molecule has 1 aliphatic rings. The molecule has 1 fully saturated rings. The van der Waals surface area contributed by atoms with Crippen molar-refractivity contribution in [3.63, 3.8) is 0 Å². The summed E-state index contributed by atoms with van der Waals surface area (Å²) >= 11 is 1.27. The molecule has 3 N–H and O–H groups in total. The zero-order chi connectivity index (χ0) is 12.3. The highest BCUT2D eigenvalue weighted by atomic mass is 32.1. The van der Waals surface area contributed by atoms with Crippen LogP contribution in [0.25, 0.3) is 0 Å². The van der Waals surface area contributed by atoms with Crippen molar-refractivity contribution >= 4 is 23.0 Å². The Bertz CT molecular complexity index is 422. The second kappa shape index (κ2) is 5.35. The molecule has 0 saturated carbocycles. The van der Waals surface area contributed by atoms with Gasteiger partial charge in [-0.25, -0.2) is 10.8 Å². The average molecular weight is 254 g/mol. The number of likely N-dealkylation sites (tertiary alicyclic amines) is 1. The Balaban J connectivity index is 1.93. The molecule has 1 saturated heterocycles. The molecule has 0 radical (unpaired) electrons. The van der Waals surface area contributed by atoms with Gasteiger partial charge in [0, 0.05) is 37.9 Å². The molecule has 1 aromatic heterocycles. The van der Waals surface area contributed by atoms with Crippen LogP contribution in [0.5, 0.6) is 0 Å². The molecule has 0 spiro atoms. The van der Waals surface area contributed by atoms with Gasteiger partial charge in [-0.1, -0.05) is 0 Å². The quantitative estimate of drug-likeness (QED) is 0.447. The van der Waals surface area contributed by atoms with E-state index >= 15 is 0 Å². The highest BCUT2D eigenvalue weighted by Crippen LogP contribution is 2.14. The first-order chi connectivity index (χ1) is 8.19. The molecule has 2 heterocycles. The molecule has 0 aromatic carbocycles. The van der Waals surface area contributed by atoms with Gasteiger partial charge in [0.15, 0.2) is 5.01 Å². The number of thiazole rings is 1. The van der Waals surface area contributed by atoms with Gasteiger partial charge < -0.3 is 0 Å². The first-order valence-corrected chi connectivity index (χ1v) is 6.26. The number of nitrogen functional groups attached to an aromatic ring is 1. The van der Waals surface area contributed by atoms with E-state index in [1.807, 2.05) is 5.38 Å². The maximum Gasteiger partial charge on any atom is 0.294 e. The van der Waals surface area contributed by atoms with Gasteiger partial charge in [0.1, 0.15) is 5.78 Å². The number of nitrogens with two attached hydrogens (primary N) is 1. The van der Waals surface area contributed by atoms with Gasteiger partial charge in [-0.05, 0) is 0 Å². The maximum atomic E-state index is 11.2. The zero-order valence-electron chi connectivity index (χ0n) is 9.31. The van der Waals surface area contributed by atoms with Gasteiger partial charge in [-0.3, -0.25) is 19.9 Å². The number of carbonyl (C=O) groups is 2. The van der Waals surface area contributed by atoms with Crippen molar-refractivity contribution in [2.45, 2.75) is 19.4 Å². The maximum absolute atomic E-state index is 11.2. The van der Waals surface area contributed by atoms with E-state index in [9.17, 15) is 9.59 Å². The highest BCUT2D eigenvalue weighted by molar-refractivity contribution is 7.11. The fourth-order valence-electron chi connectivity index (χ4n) is 1.74. The Morgan fingerprint density at radius 2 is 2.24 bits per heavy atom. The number of carbonyl (C=O) groups excluding carboxylic acids is 2. The van der Waals surface area contributed by atoms with E-state index in [4.69, 9.17) is 5.84 Å². The SMILES string of the molecule is NNC(=O)c1nc(CN2CCC(=O)CC2)cs1. The van der Waals surface area contributed by atoms with Gasteiger partial charge in [0.2, 0.25) is 0 Å². The molecule has 1 amide bonds. The summed E-state index contributed by atoms with van der Waals surface area (Å²) in [5.74, 6) is 4.99. The van der Waals surface area contributed by atoms with E-state index in [0.717, 1.165) is 18.8 Å². The summed E-state index contributed by atoms with van der Waals surface area (Å²) in [5, 5.41) is 2.22. The van der Waals surface area contributed by atoms with Crippen molar-refractivity contribution in [2.24, 2.45) is 5.84 Å². The fraction of sp³-hybridized carbons (Fsp3) is 0.500. The van der Waals surface area contributed by atoms with Crippen LogP contribution in [0, 0.1) is 0 Å². The minimum absolute atomic E-state index is 0.322. The normalized spacial score (nSPS) is 17.1. The third-order valence-electron chi connectivity index (χ3n) is 2.68. The number of nitrogens with zero attached hydrogens (tertiary/aromatic N) is 2. The molecule has 0 atom stereocenters. The summed E-state index contributed by atoms with van der Waals surface area (Å²) in [6, 6.07) is 0. The number of amides is 1. The number of aromatic nitrogens is 1. The number of hydrogen-bond acceptors (Lipinski definition) is 6. The third kappa shape index (κ3) is 3.09. The Hall–Kier alpha value is -1.31. The second-order valence-electron chi connectivity index (χ2n) is 3.93. The van der Waals surface area contributed by atoms with Crippen LogP contribution in [0.4, 0.5) is 0 Å². The molecular weight excluding hydrogens is 240 g/mol. The monoisotopic (exact) mass is 254 g/mol. The van der Waals surface area contributed by atoms with E-state index in [-0.39, 0.29) is 5.91 Å². The summed E-state index contributed by atoms with van der Waals surface area (Å²) in [7, 11) is 0. The van der Waals surface area contributed by atoms with Crippen molar-refractivity contribution in [1.29, 1.82) is 0 Å². The van der Waals surface area contributed by atoms with Crippen LogP contribution in [0.2, 0.25) is 0 Å². The molecular formula is C10H14N4O2S. The fourth-order valence-corrected chi connectivity index (χ4v) is 2.45. The molecule has 17 heavy (non-hydrogen) atoms. The minimum atomic E-state index is -0.366. The minimum Gasteiger partial charge on any atom is -0.300 e. The molecule has 6 nitrogen and oxygen atoms in total. The lowest BCUT2D eigenvalue weighted by molar-refractivity contribution is -0.121. The molecule has 1 aromatic rings. The molecule has 1 aliphatic heterocycles. The Labute approximate surface area is 103 Å². The van der Waals surface area contributed by atoms with Gasteiger partial charge in [0.05, 0.1) is 5.69 Å². The molecule has 92 valence electrons. The van der Waals surface area contributed by atoms with E-state index in [0.29, 0.717) is 30.2 Å². The van der Waals surface area contributed by atoms with Crippen LogP contribution in [0.1, 0.15) is 28.3 Å². The number of nitrogens with one attached hydrogen (secondary N) is 1. The van der Waals surface area contributed by atoms with Crippen LogP contribution < -0.4 is 11.3 Å². The number of piperidine rings is 1. The smallest absolute Gasteiger partial charge is 0.294 e. The lowest BCUT2D eigenvalue weighted by Gasteiger charge is -2.24. The van der Waals surface area contributed by atoms with Crippen LogP contribution in [-0.2, 0) is 11.3 Å². The van der Waals surface area contributed by atoms with Gasteiger partial charge in [-0.2, -0.15) is 0 Å². The Morgan fingerprint density at radius 1 is 1.53 bits per heavy atom. The lowest BCUT2D eigenvalue weighted by atomic mass is 10.1. The van der Waals surface area contributed by atoms with Gasteiger partial charge in [-0.15, -0.1) is 11.3 Å². The predicted molar refractivity (Wildman–Crippen MR) is 63.3 cm³/mol. The number of hydrogen-bond donors (Lipinski definition) is 2. The van der Waals surface area contributed by atoms with Crippen LogP contribution in [-0.4, -0.2) is 34.7 Å². The number of Topliss-reactive ketones (excluding diaryl/α,β-unsaturated/α-hetero) is 1. The van der Waals surface area contributed by atoms with E-state index < -0.39 is 0 Å². The predicted octanol–water partition coefficient (Wildman–Crippen LogP) is -0.0885. The Kier molecular flexibility index (Phi) is 3.82. The van der Waals surface area contributed by atoms with Crippen LogP contribution in [0.15, 0.2) is 5.38 Å². The average Bonchev–Trinajstić information content (AvgIpc) is 2.80. The summed E-state index contributed by atoms with van der Waals surface area (Å²) in [6.45, 7) is 2.23. The van der Waals surface area contributed by atoms with Crippen molar-refractivity contribution in [3.05, 3.63) is 16.1 Å². The Morgan fingerprint density at radius 3 is 2.88 bits per heavy atom. The molecule has 0 aliphatic carbocycles. The molecule has 7 heteroatoms. The highest BCUT2D eigenvalue weighted by Gasteiger charge is 2.17. The number of hydrazine groups is 1. The van der Waals surface area contributed by atoms with Crippen LogP contribution >= 0.6 is 11.3 Å². The summed E-state index contributed by atoms with van der Waals surface area (Å²) in [6.07, 6.45) is 1.22. The van der Waals surface area contributed by atoms with Crippen molar-refractivity contribution in [3.8, 4) is 0 Å². The van der Waals surface area contributed by atoms with Crippen molar-refractivity contribution < 1.29 is 9.59 Å². The third-order valence-corrected chi connectivity index (χ3v) is 3.57. The summed E-state index contributed by atoms with van der Waals surface area (Å²) in [4.78, 5) is 28.7. The number of rotatable bonds is 3. The standard InChI is InChI=1S/C10H14N4O2S/c11-13-9(16)10-12-7(6-17-10)5-14-3-1-8(15)2-4-14/h6H,1-5,11H2,(H,13,16). The van der Waals surface area contributed by atoms with Crippen molar-refractivity contribution in [2.75, 3.05) is 13.1 Å². The van der Waals surface area contributed by atoms with Crippen molar-refractivity contribution in [1.82, 2.24) is 15.3 Å². The molecule has 0 unspecified atom stereocenters. The lowest BCUT2D eigenvalue weighted by Crippen LogP contribution is -2.33. The second-order valence-corrected chi connectivity index (χ2v) is 4.79.